The summed E-state index contributed by atoms with van der Waals surface area (Å²) in [5.41, 5.74) is 1.55. The monoisotopic (exact) mass is 411 g/mol. The molecule has 5 nitrogen and oxygen atoms in total. The van der Waals surface area contributed by atoms with Crippen LogP contribution in [0.3, 0.4) is 0 Å². The number of anilines is 2. The van der Waals surface area contributed by atoms with Crippen LogP contribution >= 0.6 is 11.3 Å². The first-order valence-electron chi connectivity index (χ1n) is 8.60. The highest BCUT2D eigenvalue weighted by atomic mass is 32.1. The van der Waals surface area contributed by atoms with Crippen LogP contribution in [-0.4, -0.2) is 19.4 Å². The maximum absolute atomic E-state index is 12.8. The van der Waals surface area contributed by atoms with Crippen molar-refractivity contribution in [3.05, 3.63) is 72.0 Å². The molecule has 0 aliphatic rings. The van der Waals surface area contributed by atoms with Gasteiger partial charge in [-0.1, -0.05) is 18.2 Å². The lowest BCUT2D eigenvalue weighted by Crippen LogP contribution is -2.07. The lowest BCUT2D eigenvalue weighted by atomic mass is 10.1. The van der Waals surface area contributed by atoms with Gasteiger partial charge in [0.2, 0.25) is 5.95 Å². The first-order chi connectivity index (χ1) is 14.0. The zero-order valence-corrected chi connectivity index (χ0v) is 15.5. The van der Waals surface area contributed by atoms with E-state index < -0.39 is 11.7 Å². The van der Waals surface area contributed by atoms with E-state index in [1.54, 1.807) is 28.1 Å². The topological polar surface area (TPSA) is 55.1 Å². The fraction of sp³-hybridized carbons (Fsp3) is 0.0500. The Morgan fingerprint density at radius 1 is 1.03 bits per heavy atom. The Hall–Kier alpha value is -3.46. The number of pyridine rings is 1. The molecule has 0 bridgehead atoms. The Kier molecular flexibility index (Phi) is 3.99. The Balaban J connectivity index is 1.58. The maximum Gasteiger partial charge on any atom is 0.417 e. The van der Waals surface area contributed by atoms with Gasteiger partial charge in [0.15, 0.2) is 0 Å². The van der Waals surface area contributed by atoms with E-state index in [0.717, 1.165) is 33.6 Å². The van der Waals surface area contributed by atoms with E-state index in [1.807, 2.05) is 35.7 Å². The lowest BCUT2D eigenvalue weighted by Gasteiger charge is -2.11. The third kappa shape index (κ3) is 3.19. The molecule has 0 saturated heterocycles. The largest absolute Gasteiger partial charge is 0.417 e. The molecule has 9 heteroatoms. The molecule has 5 aromatic rings. The van der Waals surface area contributed by atoms with Crippen LogP contribution in [0.4, 0.5) is 24.9 Å². The number of benzene rings is 1. The van der Waals surface area contributed by atoms with Crippen molar-refractivity contribution in [3.63, 3.8) is 0 Å². The summed E-state index contributed by atoms with van der Waals surface area (Å²) >= 11 is 1.62. The van der Waals surface area contributed by atoms with E-state index in [4.69, 9.17) is 0 Å². The predicted molar refractivity (Wildman–Crippen MR) is 106 cm³/mol. The van der Waals surface area contributed by atoms with Crippen molar-refractivity contribution in [1.82, 2.24) is 19.4 Å². The summed E-state index contributed by atoms with van der Waals surface area (Å²) in [7, 11) is 0. The molecule has 0 spiro atoms. The molecular weight excluding hydrogens is 399 g/mol. The van der Waals surface area contributed by atoms with Gasteiger partial charge in [-0.2, -0.15) is 13.2 Å². The van der Waals surface area contributed by atoms with Gasteiger partial charge in [-0.3, -0.25) is 4.40 Å². The molecule has 0 fully saturated rings. The van der Waals surface area contributed by atoms with Crippen molar-refractivity contribution < 1.29 is 13.2 Å². The minimum absolute atomic E-state index is 0.257. The quantitative estimate of drug-likeness (QED) is 0.410. The number of fused-ring (bicyclic) bond motifs is 2. The molecule has 0 atom stereocenters. The molecule has 4 aromatic heterocycles. The smallest absolute Gasteiger partial charge is 0.310 e. The van der Waals surface area contributed by atoms with Crippen molar-refractivity contribution >= 4 is 38.8 Å². The van der Waals surface area contributed by atoms with Crippen molar-refractivity contribution in [2.45, 2.75) is 6.18 Å². The van der Waals surface area contributed by atoms with Gasteiger partial charge in [-0.15, -0.1) is 11.3 Å². The van der Waals surface area contributed by atoms with E-state index in [9.17, 15) is 13.2 Å². The molecule has 0 unspecified atom stereocenters. The fourth-order valence-corrected chi connectivity index (χ4v) is 4.03. The molecule has 1 aromatic carbocycles. The van der Waals surface area contributed by atoms with Gasteiger partial charge < -0.3 is 5.32 Å². The van der Waals surface area contributed by atoms with E-state index in [1.165, 1.54) is 6.07 Å². The average molecular weight is 411 g/mol. The number of hydrogen-bond donors (Lipinski definition) is 1. The highest BCUT2D eigenvalue weighted by Crippen LogP contribution is 2.34. The molecular formula is C20H12F3N5S. The van der Waals surface area contributed by atoms with Gasteiger partial charge in [0.25, 0.3) is 0 Å². The molecule has 0 aliphatic carbocycles. The summed E-state index contributed by atoms with van der Waals surface area (Å²) in [6.45, 7) is 0. The zero-order chi connectivity index (χ0) is 20.0. The molecule has 0 saturated carbocycles. The van der Waals surface area contributed by atoms with Crippen LogP contribution in [0.25, 0.3) is 27.0 Å². The van der Waals surface area contributed by atoms with Gasteiger partial charge in [0, 0.05) is 45.7 Å². The summed E-state index contributed by atoms with van der Waals surface area (Å²) < 4.78 is 41.2. The first-order valence-corrected chi connectivity index (χ1v) is 9.48. The third-order valence-corrected chi connectivity index (χ3v) is 5.44. The average Bonchev–Trinajstić information content (AvgIpc) is 3.34. The van der Waals surface area contributed by atoms with Gasteiger partial charge in [-0.25, -0.2) is 15.0 Å². The van der Waals surface area contributed by atoms with Crippen LogP contribution in [-0.2, 0) is 6.18 Å². The molecule has 4 heterocycles. The highest BCUT2D eigenvalue weighted by molar-refractivity contribution is 7.17. The van der Waals surface area contributed by atoms with E-state index >= 15 is 0 Å². The summed E-state index contributed by atoms with van der Waals surface area (Å²) in [5, 5.41) is 6.12. The second kappa shape index (κ2) is 6.56. The second-order valence-corrected chi connectivity index (χ2v) is 7.23. The normalized spacial score (nSPS) is 12.0. The van der Waals surface area contributed by atoms with Crippen LogP contribution in [0.1, 0.15) is 5.56 Å². The van der Waals surface area contributed by atoms with Crippen LogP contribution in [0, 0.1) is 0 Å². The lowest BCUT2D eigenvalue weighted by molar-refractivity contribution is -0.137. The van der Waals surface area contributed by atoms with Gasteiger partial charge in [0.05, 0.1) is 11.3 Å². The Morgan fingerprint density at radius 2 is 1.90 bits per heavy atom. The second-order valence-electron chi connectivity index (χ2n) is 6.32. The number of imidazole rings is 1. The Bertz CT molecular complexity index is 1320. The Labute approximate surface area is 166 Å². The number of thiophene rings is 1. The molecule has 29 heavy (non-hydrogen) atoms. The molecule has 144 valence electrons. The summed E-state index contributed by atoms with van der Waals surface area (Å²) in [5.74, 6) is 0.672. The van der Waals surface area contributed by atoms with E-state index in [-0.39, 0.29) is 5.82 Å². The molecule has 1 N–H and O–H groups in total. The predicted octanol–water partition coefficient (Wildman–Crippen LogP) is 5.77. The minimum Gasteiger partial charge on any atom is -0.310 e. The van der Waals surface area contributed by atoms with E-state index in [2.05, 4.69) is 20.3 Å². The Morgan fingerprint density at radius 3 is 2.69 bits per heavy atom. The van der Waals surface area contributed by atoms with Gasteiger partial charge in [-0.05, 0) is 18.2 Å². The zero-order valence-electron chi connectivity index (χ0n) is 14.7. The molecule has 0 amide bonds. The van der Waals surface area contributed by atoms with Crippen molar-refractivity contribution in [2.75, 3.05) is 5.32 Å². The van der Waals surface area contributed by atoms with Crippen LogP contribution in [0.5, 0.6) is 0 Å². The van der Waals surface area contributed by atoms with Gasteiger partial charge in [0.1, 0.15) is 11.5 Å². The summed E-state index contributed by atoms with van der Waals surface area (Å²) in [6, 6.07) is 12.2. The summed E-state index contributed by atoms with van der Waals surface area (Å²) in [6.07, 6.45) is -0.271. The summed E-state index contributed by atoms with van der Waals surface area (Å²) in [4.78, 5) is 12.9. The number of nitrogens with one attached hydrogen (secondary N) is 1. The van der Waals surface area contributed by atoms with Crippen LogP contribution in [0.15, 0.2) is 66.4 Å². The van der Waals surface area contributed by atoms with Crippen LogP contribution in [0.2, 0.25) is 0 Å². The van der Waals surface area contributed by atoms with Crippen LogP contribution < -0.4 is 5.32 Å². The number of alkyl halides is 3. The van der Waals surface area contributed by atoms with Crippen molar-refractivity contribution in [3.8, 4) is 11.3 Å². The number of halogens is 3. The SMILES string of the molecule is FC(F)(F)c1ccc(Nc2nc(-c3csc4ccccc34)cc3nccn23)nc1. The van der Waals surface area contributed by atoms with E-state index in [0.29, 0.717) is 11.6 Å². The van der Waals surface area contributed by atoms with Crippen molar-refractivity contribution in [2.24, 2.45) is 0 Å². The molecule has 5 rings (SSSR count). The van der Waals surface area contributed by atoms with Gasteiger partial charge >= 0.3 is 6.18 Å². The fourth-order valence-electron chi connectivity index (χ4n) is 3.08. The molecule has 0 radical (unpaired) electrons. The third-order valence-electron chi connectivity index (χ3n) is 4.48. The number of nitrogens with zero attached hydrogens (tertiary/aromatic N) is 4. The standard InChI is InChI=1S/C20H12F3N5S/c21-20(22,23)12-5-6-17(25-10-12)27-19-26-15(9-18-24-7-8-28(18)19)14-11-29-16-4-2-1-3-13(14)16/h1-11H,(H,25,26,27). The number of hydrogen-bond acceptors (Lipinski definition) is 5. The highest BCUT2D eigenvalue weighted by Gasteiger charge is 2.30. The minimum atomic E-state index is -4.43. The number of aromatic nitrogens is 4. The first kappa shape index (κ1) is 17.6. The maximum atomic E-state index is 12.8. The molecule has 0 aliphatic heterocycles. The van der Waals surface area contributed by atoms with Crippen molar-refractivity contribution in [1.29, 1.82) is 0 Å². The number of rotatable bonds is 3.